The molecule has 0 fully saturated rings. The maximum Gasteiger partial charge on any atom is -0.00947 e. The van der Waals surface area contributed by atoms with Crippen molar-refractivity contribution in [1.29, 1.82) is 0 Å². The smallest absolute Gasteiger partial charge is 0.00947 e. The van der Waals surface area contributed by atoms with E-state index in [2.05, 4.69) is 52.0 Å². The number of hydrogen-bond donors (Lipinski definition) is 0. The molecule has 1 aromatic carbocycles. The van der Waals surface area contributed by atoms with Crippen LogP contribution in [-0.4, -0.2) is 0 Å². The molecule has 0 unspecified atom stereocenters. The lowest BCUT2D eigenvalue weighted by atomic mass is 9.99. The molecule has 0 radical (unpaired) electrons. The average molecular weight is 188 g/mol. The molecule has 0 heteroatoms. The highest BCUT2D eigenvalue weighted by Gasteiger charge is 1.99. The van der Waals surface area contributed by atoms with E-state index in [4.69, 9.17) is 0 Å². The van der Waals surface area contributed by atoms with Crippen molar-refractivity contribution in [3.05, 3.63) is 46.5 Å². The molecule has 0 heterocycles. The maximum atomic E-state index is 2.31. The van der Waals surface area contributed by atoms with Gasteiger partial charge in [-0.1, -0.05) is 31.2 Å². The first kappa shape index (κ1) is 11.0. The quantitative estimate of drug-likeness (QED) is 0.626. The van der Waals surface area contributed by atoms with E-state index in [1.54, 1.807) is 0 Å². The molecule has 0 N–H and O–H groups in total. The van der Waals surface area contributed by atoms with Gasteiger partial charge in [0, 0.05) is 0 Å². The van der Waals surface area contributed by atoms with E-state index < -0.39 is 0 Å². The van der Waals surface area contributed by atoms with Crippen LogP contribution in [0.2, 0.25) is 0 Å². The average Bonchev–Trinajstić information content (AvgIpc) is 2.14. The van der Waals surface area contributed by atoms with Gasteiger partial charge in [0.2, 0.25) is 0 Å². The van der Waals surface area contributed by atoms with Crippen molar-refractivity contribution in [3.8, 4) is 0 Å². The summed E-state index contributed by atoms with van der Waals surface area (Å²) in [6, 6.07) is 4.59. The normalized spacial score (nSPS) is 11.1. The van der Waals surface area contributed by atoms with E-state index in [1.807, 2.05) is 0 Å². The van der Waals surface area contributed by atoms with Gasteiger partial charge in [-0.25, -0.2) is 0 Å². The van der Waals surface area contributed by atoms with Crippen molar-refractivity contribution in [2.24, 2.45) is 0 Å². The van der Waals surface area contributed by atoms with Crippen molar-refractivity contribution in [3.63, 3.8) is 0 Å². The van der Waals surface area contributed by atoms with Gasteiger partial charge in [0.15, 0.2) is 0 Å². The summed E-state index contributed by atoms with van der Waals surface area (Å²) in [6.07, 6.45) is 6.69. The number of aryl methyl sites for hydroxylation is 3. The van der Waals surface area contributed by atoms with Gasteiger partial charge in [0.05, 0.1) is 0 Å². The van der Waals surface area contributed by atoms with Crippen LogP contribution in [0, 0.1) is 20.8 Å². The Morgan fingerprint density at radius 2 is 1.57 bits per heavy atom. The van der Waals surface area contributed by atoms with Crippen LogP contribution in [0.25, 0.3) is 0 Å². The Kier molecular flexibility index (Phi) is 3.94. The number of hydrogen-bond acceptors (Lipinski definition) is 0. The van der Waals surface area contributed by atoms with Crippen molar-refractivity contribution >= 4 is 0 Å². The Morgan fingerprint density at radius 1 is 0.929 bits per heavy atom. The second-order valence-electron chi connectivity index (χ2n) is 3.95. The van der Waals surface area contributed by atoms with E-state index in [0.717, 1.165) is 12.8 Å². The fourth-order valence-corrected chi connectivity index (χ4v) is 1.62. The molecule has 0 aliphatic rings. The van der Waals surface area contributed by atoms with Crippen molar-refractivity contribution in [1.82, 2.24) is 0 Å². The van der Waals surface area contributed by atoms with E-state index in [0.29, 0.717) is 0 Å². The summed E-state index contributed by atoms with van der Waals surface area (Å²) in [7, 11) is 0. The topological polar surface area (TPSA) is 0 Å². The lowest BCUT2D eigenvalue weighted by Gasteiger charge is -2.07. The minimum absolute atomic E-state index is 1.07. The molecule has 0 bridgehead atoms. The molecule has 0 aliphatic carbocycles. The van der Waals surface area contributed by atoms with Crippen LogP contribution in [0.5, 0.6) is 0 Å². The molecule has 0 saturated carbocycles. The monoisotopic (exact) mass is 188 g/mol. The highest BCUT2D eigenvalue weighted by Crippen LogP contribution is 2.16. The molecule has 0 aromatic heterocycles. The van der Waals surface area contributed by atoms with E-state index in [-0.39, 0.29) is 0 Å². The number of rotatable bonds is 3. The number of benzene rings is 1. The van der Waals surface area contributed by atoms with Crippen LogP contribution in [-0.2, 0) is 6.42 Å². The second kappa shape index (κ2) is 4.99. The van der Waals surface area contributed by atoms with Crippen molar-refractivity contribution < 1.29 is 0 Å². The predicted octanol–water partition coefficient (Wildman–Crippen LogP) is 4.12. The highest BCUT2D eigenvalue weighted by molar-refractivity contribution is 5.37. The van der Waals surface area contributed by atoms with Gasteiger partial charge < -0.3 is 0 Å². The van der Waals surface area contributed by atoms with Gasteiger partial charge in [-0.05, 0) is 55.9 Å². The second-order valence-corrected chi connectivity index (χ2v) is 3.95. The zero-order valence-corrected chi connectivity index (χ0v) is 9.72. The molecular formula is C14H20. The summed E-state index contributed by atoms with van der Waals surface area (Å²) >= 11 is 0. The van der Waals surface area contributed by atoms with Gasteiger partial charge in [-0.15, -0.1) is 0 Å². The van der Waals surface area contributed by atoms with Crippen LogP contribution >= 0.6 is 0 Å². The minimum Gasteiger partial charge on any atom is -0.0885 e. The SMILES string of the molecule is CCC=CCc1cc(C)c(C)cc1C. The lowest BCUT2D eigenvalue weighted by Crippen LogP contribution is -1.91. The summed E-state index contributed by atoms with van der Waals surface area (Å²) in [4.78, 5) is 0. The van der Waals surface area contributed by atoms with Gasteiger partial charge in [-0.2, -0.15) is 0 Å². The zero-order chi connectivity index (χ0) is 10.6. The minimum atomic E-state index is 1.07. The summed E-state index contributed by atoms with van der Waals surface area (Å²) in [5.74, 6) is 0. The van der Waals surface area contributed by atoms with Gasteiger partial charge >= 0.3 is 0 Å². The van der Waals surface area contributed by atoms with E-state index in [1.165, 1.54) is 22.3 Å². The summed E-state index contributed by atoms with van der Waals surface area (Å²) in [6.45, 7) is 8.72. The van der Waals surface area contributed by atoms with Gasteiger partial charge in [0.25, 0.3) is 0 Å². The van der Waals surface area contributed by atoms with Crippen molar-refractivity contribution in [2.75, 3.05) is 0 Å². The largest absolute Gasteiger partial charge is 0.0885 e. The summed E-state index contributed by atoms with van der Waals surface area (Å²) < 4.78 is 0. The van der Waals surface area contributed by atoms with Crippen LogP contribution < -0.4 is 0 Å². The Morgan fingerprint density at radius 3 is 2.21 bits per heavy atom. The maximum absolute atomic E-state index is 2.31. The lowest BCUT2D eigenvalue weighted by molar-refractivity contribution is 1.14. The first-order valence-electron chi connectivity index (χ1n) is 5.37. The van der Waals surface area contributed by atoms with Crippen LogP contribution in [0.3, 0.4) is 0 Å². The van der Waals surface area contributed by atoms with Crippen LogP contribution in [0.1, 0.15) is 35.6 Å². The molecule has 1 aromatic rings. The molecular weight excluding hydrogens is 168 g/mol. The first-order valence-corrected chi connectivity index (χ1v) is 5.37. The summed E-state index contributed by atoms with van der Waals surface area (Å²) in [5.41, 5.74) is 5.66. The van der Waals surface area contributed by atoms with E-state index in [9.17, 15) is 0 Å². The third-order valence-corrected chi connectivity index (χ3v) is 2.69. The third kappa shape index (κ3) is 2.73. The standard InChI is InChI=1S/C14H20/c1-5-6-7-8-14-10-12(3)11(2)9-13(14)4/h6-7,9-10H,5,8H2,1-4H3. The van der Waals surface area contributed by atoms with E-state index >= 15 is 0 Å². The predicted molar refractivity (Wildman–Crippen MR) is 63.8 cm³/mol. The molecule has 0 nitrogen and oxygen atoms in total. The third-order valence-electron chi connectivity index (χ3n) is 2.69. The first-order chi connectivity index (χ1) is 6.65. The molecule has 0 spiro atoms. The molecule has 76 valence electrons. The molecule has 0 atom stereocenters. The Hall–Kier alpha value is -1.04. The fourth-order valence-electron chi connectivity index (χ4n) is 1.62. The Bertz CT molecular complexity index is 332. The molecule has 0 saturated heterocycles. The van der Waals surface area contributed by atoms with Gasteiger partial charge in [-0.3, -0.25) is 0 Å². The molecule has 1 rings (SSSR count). The van der Waals surface area contributed by atoms with Crippen molar-refractivity contribution in [2.45, 2.75) is 40.5 Å². The fraction of sp³-hybridized carbons (Fsp3) is 0.429. The van der Waals surface area contributed by atoms with Crippen LogP contribution in [0.15, 0.2) is 24.3 Å². The van der Waals surface area contributed by atoms with Crippen LogP contribution in [0.4, 0.5) is 0 Å². The highest BCUT2D eigenvalue weighted by atomic mass is 14.0. The summed E-state index contributed by atoms with van der Waals surface area (Å²) in [5, 5.41) is 0. The zero-order valence-electron chi connectivity index (χ0n) is 9.72. The Balaban J connectivity index is 2.87. The molecule has 0 aliphatic heterocycles. The Labute approximate surface area is 87.7 Å². The van der Waals surface area contributed by atoms with Gasteiger partial charge in [0.1, 0.15) is 0 Å². The molecule has 14 heavy (non-hydrogen) atoms. The molecule has 0 amide bonds. The number of allylic oxidation sites excluding steroid dienone is 2.